The Kier molecular flexibility index (Phi) is 3.86. The van der Waals surface area contributed by atoms with Crippen molar-refractivity contribution in [2.45, 2.75) is 9.79 Å². The fourth-order valence-corrected chi connectivity index (χ4v) is 3.52. The van der Waals surface area contributed by atoms with Gasteiger partial charge in [-0.2, -0.15) is 0 Å². The van der Waals surface area contributed by atoms with E-state index in [1.165, 1.54) is 0 Å². The molecule has 0 aliphatic heterocycles. The first-order chi connectivity index (χ1) is 10.1. The summed E-state index contributed by atoms with van der Waals surface area (Å²) in [5.41, 5.74) is 6.43. The van der Waals surface area contributed by atoms with Crippen LogP contribution in [-0.2, 0) is 0 Å². The van der Waals surface area contributed by atoms with Gasteiger partial charge >= 0.3 is 0 Å². The molecule has 3 N–H and O–H groups in total. The third kappa shape index (κ3) is 2.89. The molecule has 0 spiro atoms. The van der Waals surface area contributed by atoms with Crippen LogP contribution in [-0.4, -0.2) is 5.84 Å². The molecular formula is C17H13ClN2S. The highest BCUT2D eigenvalue weighted by Crippen LogP contribution is 2.35. The van der Waals surface area contributed by atoms with Crippen LogP contribution in [0.1, 0.15) is 5.56 Å². The first-order valence-corrected chi connectivity index (χ1v) is 7.64. The van der Waals surface area contributed by atoms with Crippen molar-refractivity contribution in [3.05, 3.63) is 71.2 Å². The quantitative estimate of drug-likeness (QED) is 0.532. The van der Waals surface area contributed by atoms with E-state index in [9.17, 15) is 0 Å². The van der Waals surface area contributed by atoms with Crippen LogP contribution in [0.15, 0.2) is 70.5 Å². The molecule has 0 aromatic heterocycles. The van der Waals surface area contributed by atoms with Gasteiger partial charge in [0.15, 0.2) is 0 Å². The van der Waals surface area contributed by atoms with Crippen molar-refractivity contribution in [1.82, 2.24) is 0 Å². The van der Waals surface area contributed by atoms with E-state index in [0.29, 0.717) is 0 Å². The van der Waals surface area contributed by atoms with Crippen molar-refractivity contribution in [3.8, 4) is 0 Å². The second-order valence-corrected chi connectivity index (χ2v) is 6.18. The summed E-state index contributed by atoms with van der Waals surface area (Å²) >= 11 is 7.69. The number of amidine groups is 1. The van der Waals surface area contributed by atoms with E-state index in [1.807, 2.05) is 54.6 Å². The van der Waals surface area contributed by atoms with Gasteiger partial charge in [0.1, 0.15) is 5.84 Å². The summed E-state index contributed by atoms with van der Waals surface area (Å²) in [7, 11) is 0. The summed E-state index contributed by atoms with van der Waals surface area (Å²) in [4.78, 5) is 2.21. The SMILES string of the molecule is N=C(N)c1ccc(Sc2cccc(Cl)c2)c2ccccc12. The van der Waals surface area contributed by atoms with Crippen LogP contribution < -0.4 is 5.73 Å². The number of nitrogen functional groups attached to an aromatic ring is 1. The number of hydrogen-bond donors (Lipinski definition) is 2. The Balaban J connectivity index is 2.12. The van der Waals surface area contributed by atoms with Crippen LogP contribution in [0.25, 0.3) is 10.8 Å². The molecule has 0 saturated carbocycles. The molecule has 0 aliphatic carbocycles. The molecule has 0 bridgehead atoms. The number of nitrogens with two attached hydrogens (primary N) is 1. The standard InChI is InChI=1S/C17H13ClN2S/c18-11-4-3-5-12(10-11)21-16-9-8-15(17(19)20)13-6-1-2-7-14(13)16/h1-10H,(H3,19,20). The molecule has 0 unspecified atom stereocenters. The lowest BCUT2D eigenvalue weighted by Crippen LogP contribution is -2.11. The van der Waals surface area contributed by atoms with E-state index in [0.717, 1.165) is 31.1 Å². The maximum absolute atomic E-state index is 7.69. The van der Waals surface area contributed by atoms with Crippen molar-refractivity contribution in [3.63, 3.8) is 0 Å². The molecule has 3 rings (SSSR count). The minimum atomic E-state index is 0.0884. The molecule has 2 nitrogen and oxygen atoms in total. The monoisotopic (exact) mass is 312 g/mol. The molecule has 0 aliphatic rings. The van der Waals surface area contributed by atoms with Crippen LogP contribution in [0, 0.1) is 5.41 Å². The number of halogens is 1. The van der Waals surface area contributed by atoms with Crippen LogP contribution in [0.5, 0.6) is 0 Å². The fraction of sp³-hybridized carbons (Fsp3) is 0. The van der Waals surface area contributed by atoms with E-state index in [1.54, 1.807) is 11.8 Å². The summed E-state index contributed by atoms with van der Waals surface area (Å²) < 4.78 is 0. The first-order valence-electron chi connectivity index (χ1n) is 6.45. The van der Waals surface area contributed by atoms with Gasteiger partial charge in [-0.3, -0.25) is 5.41 Å². The molecule has 0 atom stereocenters. The highest BCUT2D eigenvalue weighted by Gasteiger charge is 2.09. The zero-order valence-corrected chi connectivity index (χ0v) is 12.7. The summed E-state index contributed by atoms with van der Waals surface area (Å²) in [5, 5.41) is 10.5. The second-order valence-electron chi connectivity index (χ2n) is 4.63. The third-order valence-electron chi connectivity index (χ3n) is 3.20. The molecule has 0 amide bonds. The Morgan fingerprint density at radius 1 is 0.952 bits per heavy atom. The molecule has 0 fully saturated rings. The van der Waals surface area contributed by atoms with Gasteiger partial charge in [0, 0.05) is 20.4 Å². The fourth-order valence-electron chi connectivity index (χ4n) is 2.25. The Bertz CT molecular complexity index is 830. The Hall–Kier alpha value is -1.97. The van der Waals surface area contributed by atoms with Gasteiger partial charge in [-0.1, -0.05) is 53.7 Å². The molecule has 21 heavy (non-hydrogen) atoms. The smallest absolute Gasteiger partial charge is 0.123 e. The Morgan fingerprint density at radius 2 is 1.71 bits per heavy atom. The lowest BCUT2D eigenvalue weighted by Gasteiger charge is -2.10. The van der Waals surface area contributed by atoms with Crippen molar-refractivity contribution < 1.29 is 0 Å². The molecule has 4 heteroatoms. The van der Waals surface area contributed by atoms with Gasteiger partial charge in [0.05, 0.1) is 0 Å². The highest BCUT2D eigenvalue weighted by atomic mass is 35.5. The Morgan fingerprint density at radius 3 is 2.43 bits per heavy atom. The predicted octanol–water partition coefficient (Wildman–Crippen LogP) is 4.93. The average molecular weight is 313 g/mol. The van der Waals surface area contributed by atoms with E-state index in [4.69, 9.17) is 22.7 Å². The number of rotatable bonds is 3. The third-order valence-corrected chi connectivity index (χ3v) is 4.50. The van der Waals surface area contributed by atoms with Crippen molar-refractivity contribution >= 4 is 40.0 Å². The van der Waals surface area contributed by atoms with Gasteiger partial charge in [-0.15, -0.1) is 0 Å². The van der Waals surface area contributed by atoms with Crippen molar-refractivity contribution in [1.29, 1.82) is 5.41 Å². The largest absolute Gasteiger partial charge is 0.384 e. The first kappa shape index (κ1) is 14.0. The molecule has 3 aromatic carbocycles. The number of hydrogen-bond acceptors (Lipinski definition) is 2. The lowest BCUT2D eigenvalue weighted by atomic mass is 10.0. The molecule has 0 saturated heterocycles. The summed E-state index contributed by atoms with van der Waals surface area (Å²) in [6.07, 6.45) is 0. The molecule has 0 radical (unpaired) electrons. The lowest BCUT2D eigenvalue weighted by molar-refractivity contribution is 1.41. The van der Waals surface area contributed by atoms with Gasteiger partial charge < -0.3 is 5.73 Å². The van der Waals surface area contributed by atoms with E-state index in [2.05, 4.69) is 6.07 Å². The maximum atomic E-state index is 7.69. The average Bonchev–Trinajstić information content (AvgIpc) is 2.47. The summed E-state index contributed by atoms with van der Waals surface area (Å²) in [6.45, 7) is 0. The number of fused-ring (bicyclic) bond motifs is 1. The normalized spacial score (nSPS) is 10.7. The number of benzene rings is 3. The minimum Gasteiger partial charge on any atom is -0.384 e. The zero-order valence-electron chi connectivity index (χ0n) is 11.1. The second kappa shape index (κ2) is 5.80. The zero-order chi connectivity index (χ0) is 14.8. The number of nitrogens with one attached hydrogen (secondary N) is 1. The van der Waals surface area contributed by atoms with Crippen LogP contribution in [0.4, 0.5) is 0 Å². The summed E-state index contributed by atoms with van der Waals surface area (Å²) in [6, 6.07) is 19.7. The molecular weight excluding hydrogens is 300 g/mol. The molecule has 0 heterocycles. The molecule has 104 valence electrons. The van der Waals surface area contributed by atoms with Crippen LogP contribution in [0.3, 0.4) is 0 Å². The Labute approximate surface area is 132 Å². The predicted molar refractivity (Wildman–Crippen MR) is 90.5 cm³/mol. The van der Waals surface area contributed by atoms with Gasteiger partial charge in [0.2, 0.25) is 0 Å². The molecule has 3 aromatic rings. The van der Waals surface area contributed by atoms with Gasteiger partial charge in [-0.05, 0) is 41.1 Å². The van der Waals surface area contributed by atoms with Crippen molar-refractivity contribution in [2.24, 2.45) is 5.73 Å². The van der Waals surface area contributed by atoms with E-state index < -0.39 is 0 Å². The van der Waals surface area contributed by atoms with E-state index in [-0.39, 0.29) is 5.84 Å². The summed E-state index contributed by atoms with van der Waals surface area (Å²) in [5.74, 6) is 0.0884. The van der Waals surface area contributed by atoms with Gasteiger partial charge in [0.25, 0.3) is 0 Å². The van der Waals surface area contributed by atoms with Crippen LogP contribution in [0.2, 0.25) is 5.02 Å². The maximum Gasteiger partial charge on any atom is 0.123 e. The van der Waals surface area contributed by atoms with E-state index >= 15 is 0 Å². The topological polar surface area (TPSA) is 49.9 Å². The minimum absolute atomic E-state index is 0.0884. The van der Waals surface area contributed by atoms with Crippen molar-refractivity contribution in [2.75, 3.05) is 0 Å². The van der Waals surface area contributed by atoms with Gasteiger partial charge in [-0.25, -0.2) is 0 Å². The van der Waals surface area contributed by atoms with Crippen LogP contribution >= 0.6 is 23.4 Å². The highest BCUT2D eigenvalue weighted by molar-refractivity contribution is 7.99.